The standard InChI is InChI=1S/C16H25N5O/c1-11(2)21-7-6-17-15(21)10-18-14-5-8-22-16(14)13-9-19-20(4)12(13)3/h6-7,9,11,14,16,18H,5,8,10H2,1-4H3/t14-,16+/m0/s1. The molecule has 22 heavy (non-hydrogen) atoms. The van der Waals surface area contributed by atoms with Gasteiger partial charge in [-0.1, -0.05) is 0 Å². The highest BCUT2D eigenvalue weighted by atomic mass is 16.5. The molecule has 1 saturated heterocycles. The molecule has 1 aliphatic rings. The van der Waals surface area contributed by atoms with Gasteiger partial charge in [0.2, 0.25) is 0 Å². The van der Waals surface area contributed by atoms with Gasteiger partial charge in [-0.25, -0.2) is 4.98 Å². The molecule has 0 bridgehead atoms. The maximum atomic E-state index is 5.95. The second kappa shape index (κ2) is 6.22. The average Bonchev–Trinajstić information content (AvgIpc) is 3.18. The Morgan fingerprint density at radius 3 is 2.95 bits per heavy atom. The van der Waals surface area contributed by atoms with E-state index >= 15 is 0 Å². The van der Waals surface area contributed by atoms with Crippen LogP contribution >= 0.6 is 0 Å². The Bertz CT molecular complexity index is 630. The quantitative estimate of drug-likeness (QED) is 0.919. The van der Waals surface area contributed by atoms with Gasteiger partial charge in [0.25, 0.3) is 0 Å². The Kier molecular flexibility index (Phi) is 4.31. The number of ether oxygens (including phenoxy) is 1. The number of imidazole rings is 1. The summed E-state index contributed by atoms with van der Waals surface area (Å²) in [5.74, 6) is 1.07. The Balaban J connectivity index is 1.69. The van der Waals surface area contributed by atoms with Gasteiger partial charge in [-0.3, -0.25) is 4.68 Å². The molecule has 0 unspecified atom stereocenters. The zero-order valence-electron chi connectivity index (χ0n) is 13.8. The lowest BCUT2D eigenvalue weighted by molar-refractivity contribution is 0.0977. The Hall–Kier alpha value is -1.66. The molecule has 1 N–H and O–H groups in total. The lowest BCUT2D eigenvalue weighted by atomic mass is 10.0. The average molecular weight is 303 g/mol. The van der Waals surface area contributed by atoms with Crippen LogP contribution in [0.2, 0.25) is 0 Å². The van der Waals surface area contributed by atoms with Crippen LogP contribution in [0.5, 0.6) is 0 Å². The van der Waals surface area contributed by atoms with Crippen molar-refractivity contribution in [2.75, 3.05) is 6.61 Å². The highest BCUT2D eigenvalue weighted by Crippen LogP contribution is 2.31. The van der Waals surface area contributed by atoms with Gasteiger partial charge >= 0.3 is 0 Å². The van der Waals surface area contributed by atoms with Crippen LogP contribution in [-0.2, 0) is 18.3 Å². The molecule has 0 saturated carbocycles. The molecule has 0 aliphatic carbocycles. The van der Waals surface area contributed by atoms with E-state index in [2.05, 4.69) is 40.7 Å². The summed E-state index contributed by atoms with van der Waals surface area (Å²) in [7, 11) is 1.97. The zero-order chi connectivity index (χ0) is 15.7. The van der Waals surface area contributed by atoms with Crippen molar-refractivity contribution in [2.45, 2.75) is 51.9 Å². The van der Waals surface area contributed by atoms with Crippen LogP contribution in [-0.4, -0.2) is 32.0 Å². The second-order valence-electron chi connectivity index (χ2n) is 6.22. The van der Waals surface area contributed by atoms with Crippen molar-refractivity contribution in [3.05, 3.63) is 35.7 Å². The van der Waals surface area contributed by atoms with Crippen molar-refractivity contribution in [2.24, 2.45) is 7.05 Å². The van der Waals surface area contributed by atoms with Gasteiger partial charge in [-0.15, -0.1) is 0 Å². The smallest absolute Gasteiger partial charge is 0.122 e. The number of nitrogens with one attached hydrogen (secondary N) is 1. The maximum Gasteiger partial charge on any atom is 0.122 e. The predicted octanol–water partition coefficient (Wildman–Crippen LogP) is 2.13. The van der Waals surface area contributed by atoms with Gasteiger partial charge in [0.1, 0.15) is 11.9 Å². The fraction of sp³-hybridized carbons (Fsp3) is 0.625. The third-order valence-electron chi connectivity index (χ3n) is 4.50. The van der Waals surface area contributed by atoms with E-state index in [4.69, 9.17) is 4.74 Å². The van der Waals surface area contributed by atoms with Crippen LogP contribution in [0.4, 0.5) is 0 Å². The van der Waals surface area contributed by atoms with Crippen molar-refractivity contribution >= 4 is 0 Å². The summed E-state index contributed by atoms with van der Waals surface area (Å²) in [5, 5.41) is 7.95. The molecule has 2 aromatic heterocycles. The monoisotopic (exact) mass is 303 g/mol. The maximum absolute atomic E-state index is 5.95. The zero-order valence-corrected chi connectivity index (χ0v) is 13.8. The van der Waals surface area contributed by atoms with Gasteiger partial charge in [0, 0.05) is 49.4 Å². The third kappa shape index (κ3) is 2.80. The van der Waals surface area contributed by atoms with Crippen LogP contribution in [0.3, 0.4) is 0 Å². The molecule has 0 aromatic carbocycles. The minimum Gasteiger partial charge on any atom is -0.372 e. The summed E-state index contributed by atoms with van der Waals surface area (Å²) in [5.41, 5.74) is 2.35. The number of rotatable bonds is 5. The van der Waals surface area contributed by atoms with E-state index in [1.807, 2.05) is 30.3 Å². The number of hydrogen-bond acceptors (Lipinski definition) is 4. The number of nitrogens with zero attached hydrogens (tertiary/aromatic N) is 4. The molecule has 120 valence electrons. The number of hydrogen-bond donors (Lipinski definition) is 1. The summed E-state index contributed by atoms with van der Waals surface area (Å²) in [4.78, 5) is 4.46. The molecule has 0 radical (unpaired) electrons. The molecule has 0 spiro atoms. The first-order valence-electron chi connectivity index (χ1n) is 7.93. The molecule has 2 atom stereocenters. The minimum absolute atomic E-state index is 0.0798. The number of aryl methyl sites for hydroxylation is 1. The first kappa shape index (κ1) is 15.2. The SMILES string of the molecule is Cc1c([C@H]2OCC[C@@H]2NCc2nccn2C(C)C)cnn1C. The van der Waals surface area contributed by atoms with Crippen molar-refractivity contribution < 1.29 is 4.74 Å². The summed E-state index contributed by atoms with van der Waals surface area (Å²) in [6, 6.07) is 0.732. The summed E-state index contributed by atoms with van der Waals surface area (Å²) in [6.45, 7) is 7.98. The van der Waals surface area contributed by atoms with Gasteiger partial charge in [0.15, 0.2) is 0 Å². The van der Waals surface area contributed by atoms with Crippen LogP contribution < -0.4 is 5.32 Å². The van der Waals surface area contributed by atoms with Crippen molar-refractivity contribution in [1.29, 1.82) is 0 Å². The minimum atomic E-state index is 0.0798. The van der Waals surface area contributed by atoms with Gasteiger partial charge < -0.3 is 14.6 Å². The highest BCUT2D eigenvalue weighted by Gasteiger charge is 2.31. The molecule has 6 heteroatoms. The first-order chi connectivity index (χ1) is 10.6. The Morgan fingerprint density at radius 1 is 1.45 bits per heavy atom. The van der Waals surface area contributed by atoms with Crippen LogP contribution in [0.15, 0.2) is 18.6 Å². The Morgan fingerprint density at radius 2 is 2.27 bits per heavy atom. The fourth-order valence-corrected chi connectivity index (χ4v) is 3.07. The normalized spacial score (nSPS) is 21.9. The van der Waals surface area contributed by atoms with E-state index in [1.165, 1.54) is 11.3 Å². The first-order valence-corrected chi connectivity index (χ1v) is 7.93. The van der Waals surface area contributed by atoms with E-state index in [-0.39, 0.29) is 6.10 Å². The molecular formula is C16H25N5O. The summed E-state index contributed by atoms with van der Waals surface area (Å²) in [6.07, 6.45) is 6.92. The Labute approximate surface area is 131 Å². The summed E-state index contributed by atoms with van der Waals surface area (Å²) >= 11 is 0. The third-order valence-corrected chi connectivity index (χ3v) is 4.50. The number of aromatic nitrogens is 4. The lowest BCUT2D eigenvalue weighted by Crippen LogP contribution is -2.32. The molecular weight excluding hydrogens is 278 g/mol. The van der Waals surface area contributed by atoms with E-state index in [1.54, 1.807) is 0 Å². The van der Waals surface area contributed by atoms with E-state index in [9.17, 15) is 0 Å². The molecule has 6 nitrogen and oxygen atoms in total. The van der Waals surface area contributed by atoms with Crippen LogP contribution in [0, 0.1) is 6.92 Å². The van der Waals surface area contributed by atoms with E-state index < -0.39 is 0 Å². The molecule has 3 rings (SSSR count). The lowest BCUT2D eigenvalue weighted by Gasteiger charge is -2.20. The molecule has 3 heterocycles. The van der Waals surface area contributed by atoms with Crippen molar-refractivity contribution in [3.8, 4) is 0 Å². The molecule has 1 aliphatic heterocycles. The second-order valence-corrected chi connectivity index (χ2v) is 6.22. The largest absolute Gasteiger partial charge is 0.372 e. The fourth-order valence-electron chi connectivity index (χ4n) is 3.07. The topological polar surface area (TPSA) is 56.9 Å². The van der Waals surface area contributed by atoms with Gasteiger partial charge in [-0.2, -0.15) is 5.10 Å². The molecule has 1 fully saturated rings. The van der Waals surface area contributed by atoms with Gasteiger partial charge in [0.05, 0.1) is 12.7 Å². The van der Waals surface area contributed by atoms with Crippen LogP contribution in [0.25, 0.3) is 0 Å². The van der Waals surface area contributed by atoms with E-state index in [0.717, 1.165) is 25.4 Å². The van der Waals surface area contributed by atoms with E-state index in [0.29, 0.717) is 12.1 Å². The van der Waals surface area contributed by atoms with Crippen molar-refractivity contribution in [3.63, 3.8) is 0 Å². The van der Waals surface area contributed by atoms with Crippen molar-refractivity contribution in [1.82, 2.24) is 24.6 Å². The van der Waals surface area contributed by atoms with Crippen LogP contribution in [0.1, 0.15) is 49.5 Å². The highest BCUT2D eigenvalue weighted by molar-refractivity contribution is 5.22. The summed E-state index contributed by atoms with van der Waals surface area (Å²) < 4.78 is 10.1. The van der Waals surface area contributed by atoms with Gasteiger partial charge in [-0.05, 0) is 27.2 Å². The molecule has 2 aromatic rings. The predicted molar refractivity (Wildman–Crippen MR) is 84.5 cm³/mol. The molecule has 0 amide bonds.